The van der Waals surface area contributed by atoms with Crippen LogP contribution in [0.1, 0.15) is 33.4 Å². The minimum absolute atomic E-state index is 0.594. The Kier molecular flexibility index (Phi) is 3.96. The van der Waals surface area contributed by atoms with E-state index in [4.69, 9.17) is 0 Å². The maximum atomic E-state index is 9.33. The molecule has 21 heavy (non-hydrogen) atoms. The summed E-state index contributed by atoms with van der Waals surface area (Å²) in [5.74, 6) is 0. The van der Waals surface area contributed by atoms with Crippen molar-refractivity contribution in [3.8, 4) is 12.1 Å². The molecule has 2 rings (SSSR count). The quantitative estimate of drug-likeness (QED) is 0.883. The van der Waals surface area contributed by atoms with Crippen molar-refractivity contribution in [3.63, 3.8) is 0 Å². The normalized spacial score (nSPS) is 9.81. The topological polar surface area (TPSA) is 59.6 Å². The second-order valence-electron chi connectivity index (χ2n) is 5.36. The van der Waals surface area contributed by atoms with Crippen molar-refractivity contribution < 1.29 is 0 Å². The van der Waals surface area contributed by atoms with Crippen LogP contribution < -0.4 is 5.32 Å². The lowest BCUT2D eigenvalue weighted by molar-refractivity contribution is 1.31. The molecule has 0 unspecified atom stereocenters. The third-order valence-corrected chi connectivity index (χ3v) is 3.45. The second-order valence-corrected chi connectivity index (χ2v) is 5.36. The Balaban J connectivity index is 2.60. The van der Waals surface area contributed by atoms with E-state index in [2.05, 4.69) is 17.5 Å². The molecule has 0 amide bonds. The van der Waals surface area contributed by atoms with Crippen LogP contribution in [0.4, 0.5) is 11.4 Å². The number of nitrogens with zero attached hydrogens (tertiary/aromatic N) is 2. The van der Waals surface area contributed by atoms with E-state index in [1.54, 1.807) is 0 Å². The van der Waals surface area contributed by atoms with Crippen LogP contribution in [0, 0.1) is 50.4 Å². The Bertz CT molecular complexity index is 722. The molecule has 0 radical (unpaired) electrons. The fourth-order valence-electron chi connectivity index (χ4n) is 2.57. The van der Waals surface area contributed by atoms with Crippen LogP contribution in [0.5, 0.6) is 0 Å². The average Bonchev–Trinajstić information content (AvgIpc) is 2.42. The Morgan fingerprint density at radius 1 is 0.714 bits per heavy atom. The standard InChI is InChI=1S/C18H17N3/c1-11-5-13(3)17(15(7-11)9-19)21-18-14(4)6-12(2)8-16(18)10-20/h5-8,21H,1-4H3. The monoisotopic (exact) mass is 275 g/mol. The summed E-state index contributed by atoms with van der Waals surface area (Å²) in [6.45, 7) is 7.86. The molecule has 3 nitrogen and oxygen atoms in total. The Morgan fingerprint density at radius 3 is 1.43 bits per heavy atom. The first-order valence-electron chi connectivity index (χ1n) is 6.76. The Labute approximate surface area is 125 Å². The number of rotatable bonds is 2. The van der Waals surface area contributed by atoms with Crippen LogP contribution in [-0.4, -0.2) is 0 Å². The van der Waals surface area contributed by atoms with Gasteiger partial charge >= 0.3 is 0 Å². The zero-order valence-corrected chi connectivity index (χ0v) is 12.7. The van der Waals surface area contributed by atoms with Gasteiger partial charge in [-0.15, -0.1) is 0 Å². The third-order valence-electron chi connectivity index (χ3n) is 3.45. The largest absolute Gasteiger partial charge is 0.353 e. The van der Waals surface area contributed by atoms with E-state index in [1.807, 2.05) is 52.0 Å². The highest BCUT2D eigenvalue weighted by Crippen LogP contribution is 2.30. The Hall–Kier alpha value is -2.78. The lowest BCUT2D eigenvalue weighted by Gasteiger charge is -2.16. The van der Waals surface area contributed by atoms with Crippen LogP contribution in [0.3, 0.4) is 0 Å². The van der Waals surface area contributed by atoms with E-state index < -0.39 is 0 Å². The van der Waals surface area contributed by atoms with E-state index >= 15 is 0 Å². The number of aryl methyl sites for hydroxylation is 4. The summed E-state index contributed by atoms with van der Waals surface area (Å²) in [6, 6.07) is 12.2. The minimum atomic E-state index is 0.594. The summed E-state index contributed by atoms with van der Waals surface area (Å²) in [5, 5.41) is 21.9. The van der Waals surface area contributed by atoms with Crippen molar-refractivity contribution in [3.05, 3.63) is 57.6 Å². The van der Waals surface area contributed by atoms with E-state index in [1.165, 1.54) is 0 Å². The molecular weight excluding hydrogens is 258 g/mol. The van der Waals surface area contributed by atoms with Crippen LogP contribution >= 0.6 is 0 Å². The molecule has 0 aromatic heterocycles. The van der Waals surface area contributed by atoms with Gasteiger partial charge in [-0.2, -0.15) is 10.5 Å². The summed E-state index contributed by atoms with van der Waals surface area (Å²) in [7, 11) is 0. The molecule has 0 atom stereocenters. The highest BCUT2D eigenvalue weighted by atomic mass is 14.9. The highest BCUT2D eigenvalue weighted by Gasteiger charge is 2.12. The second kappa shape index (κ2) is 5.69. The molecule has 0 fully saturated rings. The molecule has 3 heteroatoms. The minimum Gasteiger partial charge on any atom is -0.353 e. The van der Waals surface area contributed by atoms with Gasteiger partial charge in [-0.25, -0.2) is 0 Å². The Morgan fingerprint density at radius 2 is 1.10 bits per heavy atom. The van der Waals surface area contributed by atoms with Gasteiger partial charge in [0.25, 0.3) is 0 Å². The van der Waals surface area contributed by atoms with Gasteiger partial charge < -0.3 is 5.32 Å². The summed E-state index contributed by atoms with van der Waals surface area (Å²) in [4.78, 5) is 0. The van der Waals surface area contributed by atoms with Crippen LogP contribution in [-0.2, 0) is 0 Å². The van der Waals surface area contributed by atoms with Crippen molar-refractivity contribution in [2.45, 2.75) is 27.7 Å². The zero-order chi connectivity index (χ0) is 15.6. The number of benzene rings is 2. The SMILES string of the molecule is Cc1cc(C)c(Nc2c(C)cc(C)cc2C#N)c(C#N)c1. The van der Waals surface area contributed by atoms with Crippen LogP contribution in [0.15, 0.2) is 24.3 Å². The van der Waals surface area contributed by atoms with Gasteiger partial charge in [0, 0.05) is 0 Å². The molecule has 0 spiro atoms. The molecule has 2 aromatic rings. The molecule has 2 aromatic carbocycles. The zero-order valence-electron chi connectivity index (χ0n) is 12.7. The number of hydrogen-bond acceptors (Lipinski definition) is 3. The van der Waals surface area contributed by atoms with Crippen LogP contribution in [0.25, 0.3) is 0 Å². The van der Waals surface area contributed by atoms with Gasteiger partial charge in [0.1, 0.15) is 12.1 Å². The summed E-state index contributed by atoms with van der Waals surface area (Å²) in [5.41, 5.74) is 6.82. The molecule has 0 aliphatic heterocycles. The van der Waals surface area contributed by atoms with Crippen molar-refractivity contribution >= 4 is 11.4 Å². The molecule has 0 saturated heterocycles. The van der Waals surface area contributed by atoms with Gasteiger partial charge in [-0.1, -0.05) is 12.1 Å². The molecule has 104 valence electrons. The number of anilines is 2. The van der Waals surface area contributed by atoms with Crippen LogP contribution in [0.2, 0.25) is 0 Å². The lowest BCUT2D eigenvalue weighted by atomic mass is 10.0. The van der Waals surface area contributed by atoms with Gasteiger partial charge in [0.2, 0.25) is 0 Å². The number of nitrogens with one attached hydrogen (secondary N) is 1. The molecule has 0 aliphatic carbocycles. The van der Waals surface area contributed by atoms with Gasteiger partial charge in [0.05, 0.1) is 22.5 Å². The van der Waals surface area contributed by atoms with E-state index in [0.29, 0.717) is 11.1 Å². The van der Waals surface area contributed by atoms with E-state index in [9.17, 15) is 10.5 Å². The van der Waals surface area contributed by atoms with Gasteiger partial charge in [-0.05, 0) is 62.1 Å². The number of hydrogen-bond donors (Lipinski definition) is 1. The molecule has 0 heterocycles. The first-order valence-corrected chi connectivity index (χ1v) is 6.76. The fourth-order valence-corrected chi connectivity index (χ4v) is 2.57. The first-order chi connectivity index (χ1) is 9.96. The molecule has 0 aliphatic rings. The van der Waals surface area contributed by atoms with Gasteiger partial charge in [0.15, 0.2) is 0 Å². The smallest absolute Gasteiger partial charge is 0.101 e. The maximum absolute atomic E-state index is 9.33. The van der Waals surface area contributed by atoms with Crippen molar-refractivity contribution in [1.29, 1.82) is 10.5 Å². The summed E-state index contributed by atoms with van der Waals surface area (Å²) < 4.78 is 0. The van der Waals surface area contributed by atoms with Crippen molar-refractivity contribution in [1.82, 2.24) is 0 Å². The number of nitriles is 2. The maximum Gasteiger partial charge on any atom is 0.101 e. The van der Waals surface area contributed by atoms with Gasteiger partial charge in [-0.3, -0.25) is 0 Å². The molecule has 0 saturated carbocycles. The van der Waals surface area contributed by atoms with Crippen molar-refractivity contribution in [2.24, 2.45) is 0 Å². The molecular formula is C18H17N3. The predicted octanol–water partition coefficient (Wildman–Crippen LogP) is 4.41. The summed E-state index contributed by atoms with van der Waals surface area (Å²) >= 11 is 0. The molecule has 1 N–H and O–H groups in total. The van der Waals surface area contributed by atoms with E-state index in [0.717, 1.165) is 33.6 Å². The molecule has 0 bridgehead atoms. The third kappa shape index (κ3) is 2.88. The summed E-state index contributed by atoms with van der Waals surface area (Å²) in [6.07, 6.45) is 0. The van der Waals surface area contributed by atoms with E-state index in [-0.39, 0.29) is 0 Å². The van der Waals surface area contributed by atoms with Crippen molar-refractivity contribution in [2.75, 3.05) is 5.32 Å². The highest BCUT2D eigenvalue weighted by molar-refractivity contribution is 5.76. The fraction of sp³-hybridized carbons (Fsp3) is 0.222. The average molecular weight is 275 g/mol. The lowest BCUT2D eigenvalue weighted by Crippen LogP contribution is -2.02. The first kappa shape index (κ1) is 14.6. The predicted molar refractivity (Wildman–Crippen MR) is 84.5 cm³/mol.